The molecule has 0 rings (SSSR count). The molecular formula is C9H15FN2. The van der Waals surface area contributed by atoms with Crippen LogP contribution in [0.2, 0.25) is 0 Å². The first kappa shape index (κ1) is 10.8. The van der Waals surface area contributed by atoms with Gasteiger partial charge >= 0.3 is 0 Å². The van der Waals surface area contributed by atoms with E-state index < -0.39 is 0 Å². The molecule has 0 aliphatic rings. The highest BCUT2D eigenvalue weighted by Gasteiger charge is 2.00. The summed E-state index contributed by atoms with van der Waals surface area (Å²) in [6.07, 6.45) is 4.50. The van der Waals surface area contributed by atoms with Gasteiger partial charge in [0, 0.05) is 21.1 Å². The largest absolute Gasteiger partial charge is 0.394 e. The lowest BCUT2D eigenvalue weighted by Gasteiger charge is -2.13. The SMILES string of the molecule is C=C/C(F)=C(\C=C/NC)N(C)C. The number of rotatable bonds is 4. The summed E-state index contributed by atoms with van der Waals surface area (Å²) in [5.41, 5.74) is 0.499. The number of halogens is 1. The molecule has 0 unspecified atom stereocenters. The fourth-order valence-corrected chi connectivity index (χ4v) is 0.709. The molecule has 0 heterocycles. The standard InChI is InChI=1S/C9H15FN2/c1-5-8(10)9(12(3)4)6-7-11-2/h5-7,11H,1H2,2-4H3/b7-6-,9-8-. The zero-order chi connectivity index (χ0) is 9.56. The Morgan fingerprint density at radius 3 is 2.42 bits per heavy atom. The van der Waals surface area contributed by atoms with Crippen LogP contribution in [0.4, 0.5) is 4.39 Å². The Kier molecular flexibility index (Phi) is 4.84. The number of hydrogen-bond acceptors (Lipinski definition) is 2. The average molecular weight is 170 g/mol. The number of likely N-dealkylation sites (N-methyl/N-ethyl adjacent to an activating group) is 1. The van der Waals surface area contributed by atoms with Crippen molar-refractivity contribution in [3.05, 3.63) is 36.5 Å². The van der Waals surface area contributed by atoms with Crippen molar-refractivity contribution in [1.82, 2.24) is 10.2 Å². The summed E-state index contributed by atoms with van der Waals surface area (Å²) in [5, 5.41) is 2.79. The van der Waals surface area contributed by atoms with Crippen LogP contribution in [0.3, 0.4) is 0 Å². The minimum Gasteiger partial charge on any atom is -0.394 e. The minimum atomic E-state index is -0.327. The summed E-state index contributed by atoms with van der Waals surface area (Å²) in [6, 6.07) is 0. The number of allylic oxidation sites excluding steroid dienone is 3. The smallest absolute Gasteiger partial charge is 0.145 e. The van der Waals surface area contributed by atoms with E-state index in [1.807, 2.05) is 0 Å². The van der Waals surface area contributed by atoms with Gasteiger partial charge in [0.15, 0.2) is 0 Å². The second kappa shape index (κ2) is 5.41. The fourth-order valence-electron chi connectivity index (χ4n) is 0.709. The molecule has 0 bridgehead atoms. The first-order valence-corrected chi connectivity index (χ1v) is 3.66. The summed E-state index contributed by atoms with van der Waals surface area (Å²) in [7, 11) is 5.31. The van der Waals surface area contributed by atoms with Gasteiger partial charge in [0.05, 0.1) is 5.70 Å². The summed E-state index contributed by atoms with van der Waals surface area (Å²) in [5.74, 6) is -0.327. The van der Waals surface area contributed by atoms with Crippen LogP contribution in [0.5, 0.6) is 0 Å². The topological polar surface area (TPSA) is 15.3 Å². The molecule has 0 aromatic rings. The van der Waals surface area contributed by atoms with Crippen LogP contribution in [0.25, 0.3) is 0 Å². The van der Waals surface area contributed by atoms with Crippen molar-refractivity contribution < 1.29 is 4.39 Å². The Labute approximate surface area is 73.1 Å². The summed E-state index contributed by atoms with van der Waals surface area (Å²) in [4.78, 5) is 1.69. The van der Waals surface area contributed by atoms with Gasteiger partial charge in [0.1, 0.15) is 5.83 Å². The van der Waals surface area contributed by atoms with Crippen molar-refractivity contribution in [1.29, 1.82) is 0 Å². The van der Waals surface area contributed by atoms with Crippen LogP contribution in [0.1, 0.15) is 0 Å². The zero-order valence-corrected chi connectivity index (χ0v) is 7.76. The molecule has 0 radical (unpaired) electrons. The van der Waals surface area contributed by atoms with Crippen LogP contribution in [0, 0.1) is 0 Å². The van der Waals surface area contributed by atoms with Gasteiger partial charge in [-0.1, -0.05) is 6.58 Å². The highest BCUT2D eigenvalue weighted by molar-refractivity contribution is 5.25. The Morgan fingerprint density at radius 1 is 1.50 bits per heavy atom. The molecule has 0 saturated heterocycles. The Balaban J connectivity index is 4.66. The third-order valence-corrected chi connectivity index (χ3v) is 1.31. The monoisotopic (exact) mass is 170 g/mol. The molecule has 3 heteroatoms. The van der Waals surface area contributed by atoms with Crippen LogP contribution >= 0.6 is 0 Å². The molecular weight excluding hydrogens is 155 g/mol. The fraction of sp³-hybridized carbons (Fsp3) is 0.333. The minimum absolute atomic E-state index is 0.327. The first-order chi connectivity index (χ1) is 5.63. The average Bonchev–Trinajstić information content (AvgIpc) is 2.04. The Hall–Kier alpha value is -1.25. The van der Waals surface area contributed by atoms with Gasteiger partial charge in [0.25, 0.3) is 0 Å². The molecule has 0 spiro atoms. The van der Waals surface area contributed by atoms with Gasteiger partial charge < -0.3 is 10.2 Å². The van der Waals surface area contributed by atoms with Crippen LogP contribution in [-0.2, 0) is 0 Å². The van der Waals surface area contributed by atoms with Crippen molar-refractivity contribution in [2.24, 2.45) is 0 Å². The molecule has 0 aliphatic heterocycles. The summed E-state index contributed by atoms with van der Waals surface area (Å²) in [6.45, 7) is 3.36. The molecule has 68 valence electrons. The van der Waals surface area contributed by atoms with E-state index in [4.69, 9.17) is 0 Å². The number of nitrogens with one attached hydrogen (secondary N) is 1. The molecule has 0 atom stereocenters. The quantitative estimate of drug-likeness (QED) is 0.645. The third-order valence-electron chi connectivity index (χ3n) is 1.31. The molecule has 2 nitrogen and oxygen atoms in total. The lowest BCUT2D eigenvalue weighted by Crippen LogP contribution is -2.11. The molecule has 0 saturated carbocycles. The normalized spacial score (nSPS) is 12.7. The molecule has 12 heavy (non-hydrogen) atoms. The van der Waals surface area contributed by atoms with Gasteiger partial charge in [0.2, 0.25) is 0 Å². The van der Waals surface area contributed by atoms with Gasteiger partial charge in [-0.25, -0.2) is 4.39 Å². The van der Waals surface area contributed by atoms with Gasteiger partial charge in [-0.15, -0.1) is 0 Å². The maximum absolute atomic E-state index is 13.0. The highest BCUT2D eigenvalue weighted by Crippen LogP contribution is 2.10. The van der Waals surface area contributed by atoms with E-state index in [2.05, 4.69) is 11.9 Å². The first-order valence-electron chi connectivity index (χ1n) is 3.66. The number of hydrogen-bond donors (Lipinski definition) is 1. The maximum atomic E-state index is 13.0. The van der Waals surface area contributed by atoms with E-state index in [-0.39, 0.29) is 5.83 Å². The van der Waals surface area contributed by atoms with E-state index in [0.717, 1.165) is 0 Å². The second-order valence-corrected chi connectivity index (χ2v) is 2.45. The summed E-state index contributed by atoms with van der Waals surface area (Å²) >= 11 is 0. The van der Waals surface area contributed by atoms with Crippen LogP contribution in [0.15, 0.2) is 36.5 Å². The molecule has 0 fully saturated rings. The molecule has 0 amide bonds. The highest BCUT2D eigenvalue weighted by atomic mass is 19.1. The molecule has 0 aromatic heterocycles. The Morgan fingerprint density at radius 2 is 2.08 bits per heavy atom. The maximum Gasteiger partial charge on any atom is 0.145 e. The van der Waals surface area contributed by atoms with Crippen molar-refractivity contribution in [3.63, 3.8) is 0 Å². The molecule has 0 aromatic carbocycles. The van der Waals surface area contributed by atoms with E-state index in [9.17, 15) is 4.39 Å². The molecule has 0 aliphatic carbocycles. The summed E-state index contributed by atoms with van der Waals surface area (Å²) < 4.78 is 13.0. The van der Waals surface area contributed by atoms with Crippen molar-refractivity contribution >= 4 is 0 Å². The zero-order valence-electron chi connectivity index (χ0n) is 7.76. The van der Waals surface area contributed by atoms with Gasteiger partial charge in [-0.2, -0.15) is 0 Å². The lowest BCUT2D eigenvalue weighted by molar-refractivity contribution is 0.495. The lowest BCUT2D eigenvalue weighted by atomic mass is 10.3. The Bertz CT molecular complexity index is 205. The van der Waals surface area contributed by atoms with Crippen molar-refractivity contribution in [3.8, 4) is 0 Å². The molecule has 1 N–H and O–H groups in total. The van der Waals surface area contributed by atoms with Crippen molar-refractivity contribution in [2.75, 3.05) is 21.1 Å². The van der Waals surface area contributed by atoms with E-state index in [1.165, 1.54) is 6.08 Å². The predicted molar refractivity (Wildman–Crippen MR) is 50.2 cm³/mol. The predicted octanol–water partition coefficient (Wildman–Crippen LogP) is 1.65. The number of nitrogens with zero attached hydrogens (tertiary/aromatic N) is 1. The van der Waals surface area contributed by atoms with E-state index >= 15 is 0 Å². The van der Waals surface area contributed by atoms with Crippen LogP contribution < -0.4 is 5.32 Å². The van der Waals surface area contributed by atoms with E-state index in [0.29, 0.717) is 5.70 Å². The second-order valence-electron chi connectivity index (χ2n) is 2.45. The third kappa shape index (κ3) is 3.23. The van der Waals surface area contributed by atoms with E-state index in [1.54, 1.807) is 38.3 Å². The van der Waals surface area contributed by atoms with Crippen LogP contribution in [-0.4, -0.2) is 26.0 Å². The van der Waals surface area contributed by atoms with Gasteiger partial charge in [-0.3, -0.25) is 0 Å². The van der Waals surface area contributed by atoms with Gasteiger partial charge in [-0.05, 0) is 18.4 Å². The van der Waals surface area contributed by atoms with Crippen molar-refractivity contribution in [2.45, 2.75) is 0 Å².